The van der Waals surface area contributed by atoms with Gasteiger partial charge in [-0.25, -0.2) is 0 Å². The van der Waals surface area contributed by atoms with Gasteiger partial charge in [0.2, 0.25) is 11.9 Å². The quantitative estimate of drug-likeness (QED) is 0.177. The lowest BCUT2D eigenvalue weighted by molar-refractivity contribution is 0.893. The molecule has 12 aromatic rings. The number of aromatic nitrogens is 6. The number of para-hydroxylation sites is 5. The first-order valence-electron chi connectivity index (χ1n) is 19.2. The van der Waals surface area contributed by atoms with E-state index in [-0.39, 0.29) is 0 Å². The molecule has 0 bridgehead atoms. The summed E-state index contributed by atoms with van der Waals surface area (Å²) in [7, 11) is 0. The Hall–Kier alpha value is -7.83. The first-order chi connectivity index (χ1) is 28.3. The van der Waals surface area contributed by atoms with Gasteiger partial charge in [-0.05, 0) is 59.7 Å². The molecule has 266 valence electrons. The molecule has 6 nitrogen and oxygen atoms in total. The van der Waals surface area contributed by atoms with Crippen LogP contribution in [0.2, 0.25) is 0 Å². The number of hydrogen-bond donors (Lipinski definition) is 0. The summed E-state index contributed by atoms with van der Waals surface area (Å²) < 4.78 is 6.77. The highest BCUT2D eigenvalue weighted by atomic mass is 15.3. The summed E-state index contributed by atoms with van der Waals surface area (Å²) in [6, 6.07) is 68.4. The van der Waals surface area contributed by atoms with Crippen molar-refractivity contribution in [1.82, 2.24) is 28.7 Å². The van der Waals surface area contributed by atoms with Gasteiger partial charge in [0.25, 0.3) is 0 Å². The van der Waals surface area contributed by atoms with E-state index >= 15 is 0 Å². The minimum Gasteiger partial charge on any atom is -0.309 e. The highest BCUT2D eigenvalue weighted by molar-refractivity contribution is 6.28. The van der Waals surface area contributed by atoms with E-state index in [1.54, 1.807) is 0 Å². The zero-order chi connectivity index (χ0) is 37.5. The molecule has 0 amide bonds. The third kappa shape index (κ3) is 4.74. The topological polar surface area (TPSA) is 53.5 Å². The summed E-state index contributed by atoms with van der Waals surface area (Å²) in [6.07, 6.45) is 0. The summed E-state index contributed by atoms with van der Waals surface area (Å²) in [4.78, 5) is 16.0. The number of rotatable bonds is 5. The molecule has 0 spiro atoms. The zero-order valence-electron chi connectivity index (χ0n) is 30.7. The minimum atomic E-state index is 0.557. The van der Waals surface area contributed by atoms with Gasteiger partial charge in [0.1, 0.15) is 0 Å². The standard InChI is InChI=1S/C51H32N6/c1-3-15-33(16-4-1)34-27-29-35(30-28-34)49-52-50(56-41-23-11-7-19-37(41)38-20-8-12-24-42(38)56)54-51(53-49)57-44-26-14-10-22-40(44)48-46(57)32-31-45-47(48)39-21-9-13-25-43(39)55(45)36-17-5-2-6-18-36/h1-32H. The lowest BCUT2D eigenvalue weighted by atomic mass is 10.0. The first-order valence-corrected chi connectivity index (χ1v) is 19.2. The van der Waals surface area contributed by atoms with Gasteiger partial charge in [0.05, 0.1) is 33.1 Å². The summed E-state index contributed by atoms with van der Waals surface area (Å²) in [5.74, 6) is 1.72. The summed E-state index contributed by atoms with van der Waals surface area (Å²) in [5, 5.41) is 7.01. The second kappa shape index (κ2) is 12.3. The molecule has 0 unspecified atom stereocenters. The van der Waals surface area contributed by atoms with Crippen LogP contribution in [-0.2, 0) is 0 Å². The van der Waals surface area contributed by atoms with E-state index in [0.29, 0.717) is 17.7 Å². The van der Waals surface area contributed by atoms with Crippen molar-refractivity contribution in [3.63, 3.8) is 0 Å². The fourth-order valence-corrected chi connectivity index (χ4v) is 8.85. The van der Waals surface area contributed by atoms with Crippen LogP contribution in [0.25, 0.3) is 106 Å². The van der Waals surface area contributed by atoms with Crippen molar-refractivity contribution in [2.75, 3.05) is 0 Å². The Morgan fingerprint density at radius 2 is 0.649 bits per heavy atom. The van der Waals surface area contributed by atoms with E-state index in [2.05, 4.69) is 202 Å². The molecule has 57 heavy (non-hydrogen) atoms. The van der Waals surface area contributed by atoms with Crippen molar-refractivity contribution in [2.45, 2.75) is 0 Å². The Balaban J connectivity index is 1.17. The number of hydrogen-bond acceptors (Lipinski definition) is 3. The maximum absolute atomic E-state index is 5.40. The van der Waals surface area contributed by atoms with Gasteiger partial charge in [0.15, 0.2) is 5.82 Å². The van der Waals surface area contributed by atoms with Gasteiger partial charge >= 0.3 is 0 Å². The molecule has 6 heteroatoms. The molecule has 8 aromatic carbocycles. The number of nitrogens with zero attached hydrogens (tertiary/aromatic N) is 6. The van der Waals surface area contributed by atoms with Crippen LogP contribution in [-0.4, -0.2) is 28.7 Å². The smallest absolute Gasteiger partial charge is 0.240 e. The van der Waals surface area contributed by atoms with Gasteiger partial charge in [-0.2, -0.15) is 15.0 Å². The Kier molecular flexibility index (Phi) is 6.83. The SMILES string of the molecule is c1ccc(-c2ccc(-c3nc(-n4c5ccccc5c5ccccc54)nc(-n4c5ccccc5c5c6c7ccccc7n(-c7ccccc7)c6ccc54)n3)cc2)cc1. The van der Waals surface area contributed by atoms with Crippen LogP contribution in [0.15, 0.2) is 194 Å². The second-order valence-electron chi connectivity index (χ2n) is 14.5. The lowest BCUT2D eigenvalue weighted by Crippen LogP contribution is -2.10. The molecule has 0 atom stereocenters. The van der Waals surface area contributed by atoms with Crippen molar-refractivity contribution >= 4 is 65.4 Å². The third-order valence-corrected chi connectivity index (χ3v) is 11.3. The van der Waals surface area contributed by atoms with Crippen molar-refractivity contribution in [3.05, 3.63) is 194 Å². The molecule has 0 aliphatic carbocycles. The van der Waals surface area contributed by atoms with Crippen LogP contribution >= 0.6 is 0 Å². The number of benzene rings is 8. The van der Waals surface area contributed by atoms with Crippen LogP contribution in [0.5, 0.6) is 0 Å². The second-order valence-corrected chi connectivity index (χ2v) is 14.5. The van der Waals surface area contributed by atoms with E-state index in [4.69, 9.17) is 15.0 Å². The molecule has 0 radical (unpaired) electrons. The van der Waals surface area contributed by atoms with Gasteiger partial charge in [-0.15, -0.1) is 0 Å². The highest BCUT2D eigenvalue weighted by Crippen LogP contribution is 2.42. The normalized spacial score (nSPS) is 11.9. The Bertz CT molecular complexity index is 3450. The predicted octanol–water partition coefficient (Wildman–Crippen LogP) is 12.5. The van der Waals surface area contributed by atoms with Crippen LogP contribution in [0, 0.1) is 0 Å². The van der Waals surface area contributed by atoms with E-state index in [0.717, 1.165) is 71.6 Å². The maximum atomic E-state index is 5.40. The molecule has 0 aliphatic rings. The summed E-state index contributed by atoms with van der Waals surface area (Å²) >= 11 is 0. The van der Waals surface area contributed by atoms with Crippen molar-refractivity contribution in [2.24, 2.45) is 0 Å². The van der Waals surface area contributed by atoms with E-state index in [1.807, 2.05) is 6.07 Å². The van der Waals surface area contributed by atoms with Crippen LogP contribution in [0.1, 0.15) is 0 Å². The average molecular weight is 729 g/mol. The Morgan fingerprint density at radius 3 is 1.21 bits per heavy atom. The molecule has 4 aromatic heterocycles. The fourth-order valence-electron chi connectivity index (χ4n) is 8.85. The average Bonchev–Trinajstić information content (AvgIpc) is 3.93. The predicted molar refractivity (Wildman–Crippen MR) is 234 cm³/mol. The molecule has 0 saturated carbocycles. The summed E-state index contributed by atoms with van der Waals surface area (Å²) in [6.45, 7) is 0. The molecule has 0 saturated heterocycles. The van der Waals surface area contributed by atoms with Gasteiger partial charge in [-0.3, -0.25) is 9.13 Å². The van der Waals surface area contributed by atoms with Crippen molar-refractivity contribution in [3.8, 4) is 40.1 Å². The zero-order valence-corrected chi connectivity index (χ0v) is 30.7. The monoisotopic (exact) mass is 728 g/mol. The molecular weight excluding hydrogens is 697 g/mol. The Labute approximate surface area is 327 Å². The molecule has 4 heterocycles. The fraction of sp³-hybridized carbons (Fsp3) is 0. The molecule has 0 N–H and O–H groups in total. The largest absolute Gasteiger partial charge is 0.309 e. The molecular formula is C51H32N6. The van der Waals surface area contributed by atoms with Gasteiger partial charge < -0.3 is 4.57 Å². The number of fused-ring (bicyclic) bond motifs is 10. The van der Waals surface area contributed by atoms with Gasteiger partial charge in [0, 0.05) is 43.6 Å². The van der Waals surface area contributed by atoms with Crippen LogP contribution < -0.4 is 0 Å². The lowest BCUT2D eigenvalue weighted by Gasteiger charge is -2.13. The van der Waals surface area contributed by atoms with Crippen molar-refractivity contribution in [1.29, 1.82) is 0 Å². The van der Waals surface area contributed by atoms with E-state index in [9.17, 15) is 0 Å². The van der Waals surface area contributed by atoms with Crippen molar-refractivity contribution < 1.29 is 0 Å². The Morgan fingerprint density at radius 1 is 0.263 bits per heavy atom. The maximum Gasteiger partial charge on any atom is 0.240 e. The minimum absolute atomic E-state index is 0.557. The molecule has 12 rings (SSSR count). The summed E-state index contributed by atoms with van der Waals surface area (Å²) in [5.41, 5.74) is 10.8. The van der Waals surface area contributed by atoms with E-state index in [1.165, 1.54) is 16.2 Å². The highest BCUT2D eigenvalue weighted by Gasteiger charge is 2.23. The molecule has 0 aliphatic heterocycles. The van der Waals surface area contributed by atoms with Gasteiger partial charge in [-0.1, -0.05) is 146 Å². The third-order valence-electron chi connectivity index (χ3n) is 11.3. The first kappa shape index (κ1) is 31.5. The van der Waals surface area contributed by atoms with E-state index < -0.39 is 0 Å². The van der Waals surface area contributed by atoms with Crippen LogP contribution in [0.3, 0.4) is 0 Å². The molecule has 0 fully saturated rings. The van der Waals surface area contributed by atoms with Crippen LogP contribution in [0.4, 0.5) is 0 Å².